The Kier molecular flexibility index (Phi) is 1.01. The number of fused-ring (bicyclic) bond motifs is 1. The van der Waals surface area contributed by atoms with Crippen molar-refractivity contribution >= 4 is 11.1 Å². The predicted octanol–water partition coefficient (Wildman–Crippen LogP) is 1.94. The average Bonchev–Trinajstić information content (AvgIpc) is 2.33. The molecule has 0 aliphatic heterocycles. The van der Waals surface area contributed by atoms with Crippen molar-refractivity contribution in [1.29, 1.82) is 0 Å². The van der Waals surface area contributed by atoms with E-state index >= 15 is 0 Å². The SMILES string of the molecule is Cc1ccc2o[c]cc2n1. The maximum Gasteiger partial charge on any atom is 0.172 e. The summed E-state index contributed by atoms with van der Waals surface area (Å²) in [5, 5.41) is 0. The molecule has 10 heavy (non-hydrogen) atoms. The number of pyridine rings is 1. The second-order valence-electron chi connectivity index (χ2n) is 2.20. The second-order valence-corrected chi connectivity index (χ2v) is 2.20. The van der Waals surface area contributed by atoms with Crippen molar-refractivity contribution in [3.05, 3.63) is 30.2 Å². The molecule has 0 unspecified atom stereocenters. The minimum Gasteiger partial charge on any atom is -0.451 e. The van der Waals surface area contributed by atoms with Crippen molar-refractivity contribution < 1.29 is 4.42 Å². The van der Waals surface area contributed by atoms with Crippen LogP contribution in [-0.4, -0.2) is 4.98 Å². The minimum atomic E-state index is 0.797. The minimum absolute atomic E-state index is 0.797. The molecule has 2 aromatic rings. The van der Waals surface area contributed by atoms with Gasteiger partial charge in [-0.15, -0.1) is 0 Å². The topological polar surface area (TPSA) is 26.0 Å². The van der Waals surface area contributed by atoms with Crippen LogP contribution in [0.4, 0.5) is 0 Å². The molecule has 49 valence electrons. The van der Waals surface area contributed by atoms with Crippen LogP contribution in [0.15, 0.2) is 22.6 Å². The molecule has 0 aliphatic rings. The summed E-state index contributed by atoms with van der Waals surface area (Å²) >= 11 is 0. The fourth-order valence-corrected chi connectivity index (χ4v) is 0.902. The lowest BCUT2D eigenvalue weighted by Gasteiger charge is -1.88. The van der Waals surface area contributed by atoms with Crippen LogP contribution in [0, 0.1) is 13.2 Å². The number of aryl methyl sites for hydroxylation is 1. The quantitative estimate of drug-likeness (QED) is 0.547. The first-order valence-electron chi connectivity index (χ1n) is 3.09. The van der Waals surface area contributed by atoms with E-state index in [4.69, 9.17) is 4.42 Å². The van der Waals surface area contributed by atoms with Gasteiger partial charge in [0.25, 0.3) is 0 Å². The highest BCUT2D eigenvalue weighted by Crippen LogP contribution is 2.11. The number of furan rings is 1. The molecule has 2 rings (SSSR count). The summed E-state index contributed by atoms with van der Waals surface area (Å²) < 4.78 is 4.99. The van der Waals surface area contributed by atoms with Gasteiger partial charge in [-0.1, -0.05) is 0 Å². The predicted molar refractivity (Wildman–Crippen MR) is 37.6 cm³/mol. The molecular weight excluding hydrogens is 126 g/mol. The Hall–Kier alpha value is -1.31. The van der Waals surface area contributed by atoms with E-state index in [9.17, 15) is 0 Å². The molecule has 0 fully saturated rings. The first-order chi connectivity index (χ1) is 4.86. The highest BCUT2D eigenvalue weighted by atomic mass is 16.3. The third kappa shape index (κ3) is 0.692. The molecule has 2 heteroatoms. The molecule has 2 nitrogen and oxygen atoms in total. The van der Waals surface area contributed by atoms with Gasteiger partial charge in [0.15, 0.2) is 11.8 Å². The third-order valence-electron chi connectivity index (χ3n) is 1.39. The second kappa shape index (κ2) is 1.84. The van der Waals surface area contributed by atoms with Crippen LogP contribution in [-0.2, 0) is 0 Å². The zero-order valence-corrected chi connectivity index (χ0v) is 5.59. The standard InChI is InChI=1S/C8H6NO/c1-6-2-3-8-7(9-6)4-5-10-8/h2-4H,1H3. The summed E-state index contributed by atoms with van der Waals surface area (Å²) in [6.45, 7) is 1.95. The van der Waals surface area contributed by atoms with Crippen LogP contribution in [0.25, 0.3) is 11.1 Å². The van der Waals surface area contributed by atoms with Crippen LogP contribution in [0.3, 0.4) is 0 Å². The average molecular weight is 132 g/mol. The van der Waals surface area contributed by atoms with Gasteiger partial charge in [0, 0.05) is 11.8 Å². The van der Waals surface area contributed by atoms with Crippen LogP contribution in [0.1, 0.15) is 5.69 Å². The number of hydrogen-bond donors (Lipinski definition) is 0. The van der Waals surface area contributed by atoms with Gasteiger partial charge in [0.1, 0.15) is 5.52 Å². The lowest BCUT2D eigenvalue weighted by atomic mass is 10.3. The molecule has 0 N–H and O–H groups in total. The van der Waals surface area contributed by atoms with E-state index in [2.05, 4.69) is 11.2 Å². The summed E-state index contributed by atoms with van der Waals surface area (Å²) in [5.74, 6) is 0. The van der Waals surface area contributed by atoms with Crippen molar-refractivity contribution in [2.45, 2.75) is 6.92 Å². The highest BCUT2D eigenvalue weighted by molar-refractivity contribution is 5.71. The van der Waals surface area contributed by atoms with Crippen molar-refractivity contribution in [1.82, 2.24) is 4.98 Å². The van der Waals surface area contributed by atoms with Crippen molar-refractivity contribution in [2.75, 3.05) is 0 Å². The van der Waals surface area contributed by atoms with E-state index in [0.29, 0.717) is 0 Å². The summed E-state index contributed by atoms with van der Waals surface area (Å²) in [4.78, 5) is 4.21. The van der Waals surface area contributed by atoms with E-state index in [1.165, 1.54) is 0 Å². The molecule has 0 aromatic carbocycles. The summed E-state index contributed by atoms with van der Waals surface area (Å²) in [6, 6.07) is 5.55. The van der Waals surface area contributed by atoms with E-state index in [0.717, 1.165) is 16.8 Å². The van der Waals surface area contributed by atoms with Gasteiger partial charge in [-0.25, -0.2) is 4.98 Å². The van der Waals surface area contributed by atoms with Crippen molar-refractivity contribution in [3.63, 3.8) is 0 Å². The fourth-order valence-electron chi connectivity index (χ4n) is 0.902. The van der Waals surface area contributed by atoms with Gasteiger partial charge < -0.3 is 4.42 Å². The molecule has 1 radical (unpaired) electrons. The molecule has 0 spiro atoms. The number of nitrogens with zero attached hydrogens (tertiary/aromatic N) is 1. The Balaban J connectivity index is 2.86. The lowest BCUT2D eigenvalue weighted by molar-refractivity contribution is 0.605. The third-order valence-corrected chi connectivity index (χ3v) is 1.39. The lowest BCUT2D eigenvalue weighted by Crippen LogP contribution is -1.76. The first kappa shape index (κ1) is 5.47. The fraction of sp³-hybridized carbons (Fsp3) is 0.125. The van der Waals surface area contributed by atoms with Gasteiger partial charge in [0.05, 0.1) is 0 Å². The van der Waals surface area contributed by atoms with Crippen LogP contribution >= 0.6 is 0 Å². The smallest absolute Gasteiger partial charge is 0.172 e. The molecule has 0 atom stereocenters. The maximum atomic E-state index is 4.99. The Morgan fingerprint density at radius 2 is 2.40 bits per heavy atom. The molecule has 0 bridgehead atoms. The molecule has 2 heterocycles. The van der Waals surface area contributed by atoms with E-state index < -0.39 is 0 Å². The normalized spacial score (nSPS) is 10.5. The molecule has 0 saturated carbocycles. The van der Waals surface area contributed by atoms with Crippen molar-refractivity contribution in [3.8, 4) is 0 Å². The van der Waals surface area contributed by atoms with E-state index in [1.54, 1.807) is 6.07 Å². The van der Waals surface area contributed by atoms with Crippen LogP contribution in [0.5, 0.6) is 0 Å². The first-order valence-corrected chi connectivity index (χ1v) is 3.09. The van der Waals surface area contributed by atoms with Gasteiger partial charge >= 0.3 is 0 Å². The van der Waals surface area contributed by atoms with Crippen molar-refractivity contribution in [2.24, 2.45) is 0 Å². The van der Waals surface area contributed by atoms with Gasteiger partial charge in [-0.2, -0.15) is 0 Å². The zero-order valence-electron chi connectivity index (χ0n) is 5.59. The van der Waals surface area contributed by atoms with E-state index in [1.807, 2.05) is 19.1 Å². The highest BCUT2D eigenvalue weighted by Gasteiger charge is 1.95. The van der Waals surface area contributed by atoms with Gasteiger partial charge in [-0.3, -0.25) is 0 Å². The summed E-state index contributed by atoms with van der Waals surface area (Å²) in [7, 11) is 0. The number of rotatable bonds is 0. The van der Waals surface area contributed by atoms with Crippen LogP contribution < -0.4 is 0 Å². The largest absolute Gasteiger partial charge is 0.451 e. The summed E-state index contributed by atoms with van der Waals surface area (Å²) in [5.41, 5.74) is 2.67. The zero-order chi connectivity index (χ0) is 6.97. The summed E-state index contributed by atoms with van der Waals surface area (Å²) in [6.07, 6.45) is 2.63. The Bertz CT molecular complexity index is 351. The maximum absolute atomic E-state index is 4.99. The van der Waals surface area contributed by atoms with Crippen LogP contribution in [0.2, 0.25) is 0 Å². The van der Waals surface area contributed by atoms with Gasteiger partial charge in [0.2, 0.25) is 0 Å². The number of hydrogen-bond acceptors (Lipinski definition) is 2. The molecular formula is C8H6NO. The Morgan fingerprint density at radius 3 is 3.30 bits per heavy atom. The molecule has 0 saturated heterocycles. The number of aromatic nitrogens is 1. The molecule has 0 amide bonds. The van der Waals surface area contributed by atoms with E-state index in [-0.39, 0.29) is 0 Å². The Labute approximate surface area is 58.5 Å². The Morgan fingerprint density at radius 1 is 1.50 bits per heavy atom. The van der Waals surface area contributed by atoms with Gasteiger partial charge in [-0.05, 0) is 19.1 Å². The molecule has 2 aromatic heterocycles. The monoisotopic (exact) mass is 132 g/mol. The molecule has 0 aliphatic carbocycles.